The van der Waals surface area contributed by atoms with Gasteiger partial charge in [-0.3, -0.25) is 0 Å². The summed E-state index contributed by atoms with van der Waals surface area (Å²) in [7, 11) is 0. The fourth-order valence-electron chi connectivity index (χ4n) is 2.78. The summed E-state index contributed by atoms with van der Waals surface area (Å²) in [4.78, 5) is 23.9. The van der Waals surface area contributed by atoms with E-state index in [0.717, 1.165) is 5.56 Å². The van der Waals surface area contributed by atoms with Gasteiger partial charge in [0.1, 0.15) is 5.56 Å². The van der Waals surface area contributed by atoms with Gasteiger partial charge in [-0.25, -0.2) is 9.59 Å². The monoisotopic (exact) mass is 320 g/mol. The lowest BCUT2D eigenvalue weighted by atomic mass is 10.1. The Morgan fingerprint density at radius 3 is 2.36 bits per heavy atom. The maximum Gasteiger partial charge on any atom is 0.407 e. The van der Waals surface area contributed by atoms with Crippen LogP contribution in [0.25, 0.3) is 11.3 Å². The summed E-state index contributed by atoms with van der Waals surface area (Å²) in [5.74, 6) is -1.15. The van der Waals surface area contributed by atoms with Crippen molar-refractivity contribution in [1.29, 1.82) is 0 Å². The van der Waals surface area contributed by atoms with Gasteiger partial charge in [-0.2, -0.15) is 0 Å². The molecule has 0 bridgehead atoms. The van der Waals surface area contributed by atoms with Gasteiger partial charge in [0, 0.05) is 13.1 Å². The molecule has 0 atom stereocenters. The fraction of sp³-hybridized carbons (Fsp3) is 0.200. The van der Waals surface area contributed by atoms with E-state index < -0.39 is 12.1 Å². The van der Waals surface area contributed by atoms with E-state index >= 15 is 0 Å². The highest BCUT2D eigenvalue weighted by Crippen LogP contribution is 2.37. The molecule has 0 saturated carbocycles. The van der Waals surface area contributed by atoms with Crippen molar-refractivity contribution >= 4 is 23.7 Å². The molecule has 22 heavy (non-hydrogen) atoms. The maximum atomic E-state index is 11.6. The molecule has 0 saturated heterocycles. The predicted octanol–water partition coefficient (Wildman–Crippen LogP) is 3.00. The number of carbonyl (C=O) groups is 2. The molecule has 1 aromatic heterocycles. The molecule has 0 radical (unpaired) electrons. The molecule has 2 aromatic rings. The number of amides is 1. The zero-order valence-electron chi connectivity index (χ0n) is 11.5. The van der Waals surface area contributed by atoms with Gasteiger partial charge in [0.2, 0.25) is 0 Å². The summed E-state index contributed by atoms with van der Waals surface area (Å²) in [5.41, 5.74) is 1.83. The van der Waals surface area contributed by atoms with Crippen molar-refractivity contribution in [3.63, 3.8) is 0 Å². The van der Waals surface area contributed by atoms with Gasteiger partial charge < -0.3 is 19.7 Å². The van der Waals surface area contributed by atoms with E-state index in [-0.39, 0.29) is 17.1 Å². The average molecular weight is 321 g/mol. The number of rotatable bonds is 2. The van der Waals surface area contributed by atoms with Gasteiger partial charge in [0.25, 0.3) is 0 Å². The van der Waals surface area contributed by atoms with Crippen molar-refractivity contribution in [3.05, 3.63) is 46.6 Å². The largest absolute Gasteiger partial charge is 0.478 e. The van der Waals surface area contributed by atoms with Crippen LogP contribution in [0.5, 0.6) is 0 Å². The second-order valence-electron chi connectivity index (χ2n) is 5.01. The number of halogens is 1. The van der Waals surface area contributed by atoms with Crippen LogP contribution in [0, 0.1) is 0 Å². The normalized spacial score (nSPS) is 13.8. The number of fused-ring (bicyclic) bond motifs is 1. The van der Waals surface area contributed by atoms with Gasteiger partial charge in [-0.15, -0.1) is 0 Å². The molecule has 3 rings (SSSR count). The molecule has 1 aromatic carbocycles. The molecule has 2 heterocycles. The lowest BCUT2D eigenvalue weighted by molar-refractivity contribution is 0.0691. The number of carboxylic acid groups (broad SMARTS) is 2. The molecule has 2 N–H and O–H groups in total. The first-order valence-electron chi connectivity index (χ1n) is 6.68. The third-order valence-electron chi connectivity index (χ3n) is 3.78. The molecule has 0 unspecified atom stereocenters. The number of carboxylic acids is 1. The first kappa shape index (κ1) is 14.5. The lowest BCUT2D eigenvalue weighted by Gasteiger charge is -2.27. The molecule has 0 fully saturated rings. The van der Waals surface area contributed by atoms with Crippen LogP contribution in [0.1, 0.15) is 16.1 Å². The molecule has 0 aliphatic carbocycles. The average Bonchev–Trinajstić information content (AvgIpc) is 2.79. The molecule has 6 nitrogen and oxygen atoms in total. The van der Waals surface area contributed by atoms with Crippen LogP contribution in [0.2, 0.25) is 5.02 Å². The van der Waals surface area contributed by atoms with E-state index in [2.05, 4.69) is 0 Å². The van der Waals surface area contributed by atoms with E-state index in [9.17, 15) is 14.7 Å². The zero-order chi connectivity index (χ0) is 15.9. The Morgan fingerprint density at radius 2 is 1.77 bits per heavy atom. The minimum atomic E-state index is -1.15. The van der Waals surface area contributed by atoms with Crippen molar-refractivity contribution < 1.29 is 19.8 Å². The van der Waals surface area contributed by atoms with Crippen molar-refractivity contribution in [2.45, 2.75) is 13.1 Å². The number of nitrogens with zero attached hydrogens (tertiary/aromatic N) is 2. The van der Waals surface area contributed by atoms with E-state index in [1.54, 1.807) is 4.57 Å². The predicted molar refractivity (Wildman–Crippen MR) is 80.3 cm³/mol. The smallest absolute Gasteiger partial charge is 0.407 e. The van der Waals surface area contributed by atoms with Crippen LogP contribution in [0.15, 0.2) is 30.3 Å². The van der Waals surface area contributed by atoms with Gasteiger partial charge in [-0.1, -0.05) is 41.9 Å². The van der Waals surface area contributed by atoms with E-state index in [4.69, 9.17) is 16.7 Å². The van der Waals surface area contributed by atoms with Crippen LogP contribution in [-0.4, -0.2) is 38.3 Å². The van der Waals surface area contributed by atoms with Crippen LogP contribution in [0.4, 0.5) is 4.79 Å². The highest BCUT2D eigenvalue weighted by Gasteiger charge is 2.31. The van der Waals surface area contributed by atoms with Crippen LogP contribution in [0.3, 0.4) is 0 Å². The summed E-state index contributed by atoms with van der Waals surface area (Å²) in [6.45, 7) is 0.689. The van der Waals surface area contributed by atoms with Gasteiger partial charge in [0.05, 0.1) is 23.0 Å². The Balaban J connectivity index is 2.20. The highest BCUT2D eigenvalue weighted by molar-refractivity contribution is 6.36. The SMILES string of the molecule is O=C(O)c1c(Cl)c(-c2ccccc2)n2c1CN(C(=O)O)CC2. The molecule has 1 aliphatic heterocycles. The molecule has 1 amide bonds. The second kappa shape index (κ2) is 5.38. The molecule has 114 valence electrons. The Bertz CT molecular complexity index is 755. The van der Waals surface area contributed by atoms with Gasteiger partial charge >= 0.3 is 12.1 Å². The highest BCUT2D eigenvalue weighted by atomic mass is 35.5. The fourth-order valence-corrected chi connectivity index (χ4v) is 3.19. The molecular weight excluding hydrogens is 308 g/mol. The maximum absolute atomic E-state index is 11.6. The number of aromatic nitrogens is 1. The molecule has 0 spiro atoms. The van der Waals surface area contributed by atoms with Gasteiger partial charge in [-0.05, 0) is 5.56 Å². The van der Waals surface area contributed by atoms with Gasteiger partial charge in [0.15, 0.2) is 0 Å². The van der Waals surface area contributed by atoms with Crippen LogP contribution in [-0.2, 0) is 13.1 Å². The third kappa shape index (κ3) is 2.21. The zero-order valence-corrected chi connectivity index (χ0v) is 12.2. The summed E-state index contributed by atoms with van der Waals surface area (Å²) in [5, 5.41) is 18.7. The Labute approximate surface area is 131 Å². The lowest BCUT2D eigenvalue weighted by Crippen LogP contribution is -2.37. The van der Waals surface area contributed by atoms with E-state index in [0.29, 0.717) is 24.5 Å². The minimum Gasteiger partial charge on any atom is -0.478 e. The Hall–Kier alpha value is -2.47. The van der Waals surface area contributed by atoms with Crippen molar-refractivity contribution in [2.24, 2.45) is 0 Å². The Morgan fingerprint density at radius 1 is 1.09 bits per heavy atom. The van der Waals surface area contributed by atoms with Crippen LogP contribution < -0.4 is 0 Å². The summed E-state index contributed by atoms with van der Waals surface area (Å²) in [6.07, 6.45) is -1.07. The van der Waals surface area contributed by atoms with E-state index in [1.807, 2.05) is 30.3 Å². The first-order valence-corrected chi connectivity index (χ1v) is 7.06. The number of benzene rings is 1. The van der Waals surface area contributed by atoms with E-state index in [1.165, 1.54) is 4.90 Å². The quantitative estimate of drug-likeness (QED) is 0.891. The van der Waals surface area contributed by atoms with Crippen molar-refractivity contribution in [1.82, 2.24) is 9.47 Å². The number of hydrogen-bond donors (Lipinski definition) is 2. The molecule has 1 aliphatic rings. The molecule has 7 heteroatoms. The summed E-state index contributed by atoms with van der Waals surface area (Å²) < 4.78 is 1.81. The standard InChI is InChI=1S/C15H13ClN2O4/c16-12-11(14(19)20)10-8-17(15(21)22)6-7-18(10)13(12)9-4-2-1-3-5-9/h1-5H,6-8H2,(H,19,20)(H,21,22). The second-order valence-corrected chi connectivity index (χ2v) is 5.39. The Kier molecular flexibility index (Phi) is 3.54. The van der Waals surface area contributed by atoms with Crippen LogP contribution >= 0.6 is 11.6 Å². The minimum absolute atomic E-state index is 0.0174. The van der Waals surface area contributed by atoms with Crippen molar-refractivity contribution in [3.8, 4) is 11.3 Å². The number of aromatic carboxylic acids is 1. The first-order chi connectivity index (χ1) is 10.5. The molecular formula is C15H13ClN2O4. The summed E-state index contributed by atoms with van der Waals surface area (Å²) in [6, 6.07) is 9.26. The topological polar surface area (TPSA) is 82.8 Å². The van der Waals surface area contributed by atoms with Crippen molar-refractivity contribution in [2.75, 3.05) is 6.54 Å². The summed E-state index contributed by atoms with van der Waals surface area (Å²) >= 11 is 6.31. The third-order valence-corrected chi connectivity index (χ3v) is 4.15. The number of hydrogen-bond acceptors (Lipinski definition) is 2.